The van der Waals surface area contributed by atoms with Gasteiger partial charge in [-0.15, -0.1) is 0 Å². The molecular weight excluding hydrogens is 218 g/mol. The first kappa shape index (κ1) is 12.0. The fraction of sp³-hybridized carbons (Fsp3) is 0.417. The van der Waals surface area contributed by atoms with Crippen LogP contribution < -0.4 is 11.3 Å². The number of carbonyl (C=O) groups is 1. The average Bonchev–Trinajstić information content (AvgIpc) is 2.63. The van der Waals surface area contributed by atoms with Crippen LogP contribution in [0, 0.1) is 5.92 Å². The van der Waals surface area contributed by atoms with Crippen LogP contribution in [-0.4, -0.2) is 23.6 Å². The molecule has 0 spiro atoms. The van der Waals surface area contributed by atoms with Crippen LogP contribution >= 0.6 is 0 Å². The summed E-state index contributed by atoms with van der Waals surface area (Å²) in [7, 11) is 0. The second kappa shape index (κ2) is 5.27. The van der Waals surface area contributed by atoms with Gasteiger partial charge in [0.2, 0.25) is 0 Å². The van der Waals surface area contributed by atoms with Crippen molar-refractivity contribution in [3.63, 3.8) is 0 Å². The number of hydrogen-bond acceptors (Lipinski definition) is 4. The fourth-order valence-electron chi connectivity index (χ4n) is 1.93. The quantitative estimate of drug-likeness (QED) is 0.586. The molecule has 2 rings (SSSR count). The number of nitrogens with one attached hydrogen (secondary N) is 1. The Hall–Kier alpha value is -1.43. The van der Waals surface area contributed by atoms with E-state index >= 15 is 0 Å². The molecule has 3 N–H and O–H groups in total. The van der Waals surface area contributed by atoms with Crippen LogP contribution in [0.1, 0.15) is 12.5 Å². The summed E-state index contributed by atoms with van der Waals surface area (Å²) in [6.07, 6.45) is 0. The van der Waals surface area contributed by atoms with Gasteiger partial charge in [-0.25, -0.2) is 10.5 Å². The van der Waals surface area contributed by atoms with Gasteiger partial charge in [0.15, 0.2) is 0 Å². The number of amides is 1. The van der Waals surface area contributed by atoms with E-state index in [1.165, 1.54) is 5.06 Å². The van der Waals surface area contributed by atoms with Gasteiger partial charge in [0, 0.05) is 5.92 Å². The summed E-state index contributed by atoms with van der Waals surface area (Å²) in [4.78, 5) is 17.3. The molecule has 5 nitrogen and oxygen atoms in total. The van der Waals surface area contributed by atoms with Crippen LogP contribution in [0.3, 0.4) is 0 Å². The first-order valence-electron chi connectivity index (χ1n) is 5.66. The smallest absolute Gasteiger partial charge is 0.264 e. The molecule has 1 aliphatic rings. The molecule has 17 heavy (non-hydrogen) atoms. The highest BCUT2D eigenvalue weighted by atomic mass is 16.7. The molecule has 1 amide bonds. The number of nitrogens with two attached hydrogens (primary N) is 1. The summed E-state index contributed by atoms with van der Waals surface area (Å²) in [6, 6.07) is 9.41. The highest BCUT2D eigenvalue weighted by molar-refractivity contribution is 5.83. The highest BCUT2D eigenvalue weighted by Gasteiger charge is 2.37. The van der Waals surface area contributed by atoms with E-state index in [4.69, 9.17) is 10.7 Å². The third-order valence-electron chi connectivity index (χ3n) is 2.94. The zero-order valence-electron chi connectivity index (χ0n) is 9.80. The van der Waals surface area contributed by atoms with Gasteiger partial charge in [-0.1, -0.05) is 37.3 Å². The molecule has 1 aromatic rings. The summed E-state index contributed by atoms with van der Waals surface area (Å²) in [6.45, 7) is 2.94. The van der Waals surface area contributed by atoms with Crippen molar-refractivity contribution < 1.29 is 9.63 Å². The molecule has 1 saturated heterocycles. The summed E-state index contributed by atoms with van der Waals surface area (Å²) in [5.74, 6) is 5.39. The summed E-state index contributed by atoms with van der Waals surface area (Å²) < 4.78 is 0. The number of hydrogen-bond donors (Lipinski definition) is 2. The van der Waals surface area contributed by atoms with E-state index in [0.717, 1.165) is 5.56 Å². The molecule has 5 heteroatoms. The minimum absolute atomic E-state index is 0.101. The van der Waals surface area contributed by atoms with Gasteiger partial charge in [0.05, 0.1) is 6.54 Å². The largest absolute Gasteiger partial charge is 0.271 e. The molecule has 2 unspecified atom stereocenters. The van der Waals surface area contributed by atoms with Gasteiger partial charge in [-0.05, 0) is 5.56 Å². The topological polar surface area (TPSA) is 67.6 Å². The van der Waals surface area contributed by atoms with Gasteiger partial charge in [-0.2, -0.15) is 0 Å². The van der Waals surface area contributed by atoms with Crippen molar-refractivity contribution in [1.29, 1.82) is 0 Å². The molecular formula is C12H17N3O2. The van der Waals surface area contributed by atoms with Crippen LogP contribution in [0.4, 0.5) is 0 Å². The predicted octanol–water partition coefficient (Wildman–Crippen LogP) is 0.428. The Morgan fingerprint density at radius 2 is 2.18 bits per heavy atom. The van der Waals surface area contributed by atoms with Crippen LogP contribution in [-0.2, 0) is 16.2 Å². The monoisotopic (exact) mass is 235 g/mol. The average molecular weight is 235 g/mol. The Kier molecular flexibility index (Phi) is 3.73. The lowest BCUT2D eigenvalue weighted by atomic mass is 10.1. The van der Waals surface area contributed by atoms with E-state index < -0.39 is 0 Å². The van der Waals surface area contributed by atoms with Gasteiger partial charge >= 0.3 is 0 Å². The van der Waals surface area contributed by atoms with Crippen molar-refractivity contribution in [3.8, 4) is 0 Å². The van der Waals surface area contributed by atoms with E-state index in [-0.39, 0.29) is 17.9 Å². The molecule has 1 aliphatic heterocycles. The maximum atomic E-state index is 11.8. The van der Waals surface area contributed by atoms with E-state index in [1.54, 1.807) is 0 Å². The van der Waals surface area contributed by atoms with Crippen LogP contribution in [0.15, 0.2) is 30.3 Å². The number of rotatable bonds is 4. The zero-order chi connectivity index (χ0) is 12.3. The third-order valence-corrected chi connectivity index (χ3v) is 2.94. The number of hydrazine groups is 1. The SMILES string of the molecule is CC1CN(OCc2ccccc2)C(=O)C1NN. The van der Waals surface area contributed by atoms with Gasteiger partial charge in [-0.3, -0.25) is 15.5 Å². The Labute approximate surface area is 100 Å². The Morgan fingerprint density at radius 3 is 2.76 bits per heavy atom. The molecule has 0 bridgehead atoms. The van der Waals surface area contributed by atoms with E-state index in [9.17, 15) is 4.79 Å². The summed E-state index contributed by atoms with van der Waals surface area (Å²) in [5.41, 5.74) is 3.56. The number of hydroxylamine groups is 2. The molecule has 1 fully saturated rings. The second-order valence-electron chi connectivity index (χ2n) is 4.28. The summed E-state index contributed by atoms with van der Waals surface area (Å²) >= 11 is 0. The van der Waals surface area contributed by atoms with Gasteiger partial charge in [0.1, 0.15) is 12.6 Å². The van der Waals surface area contributed by atoms with Gasteiger partial charge in [0.25, 0.3) is 5.91 Å². The zero-order valence-corrected chi connectivity index (χ0v) is 9.80. The highest BCUT2D eigenvalue weighted by Crippen LogP contribution is 2.18. The summed E-state index contributed by atoms with van der Waals surface area (Å²) in [5, 5.41) is 1.39. The van der Waals surface area contributed by atoms with Crippen molar-refractivity contribution in [1.82, 2.24) is 10.5 Å². The molecule has 2 atom stereocenters. The maximum Gasteiger partial charge on any atom is 0.264 e. The Morgan fingerprint density at radius 1 is 1.47 bits per heavy atom. The van der Waals surface area contributed by atoms with E-state index in [0.29, 0.717) is 13.2 Å². The molecule has 1 aromatic carbocycles. The Balaban J connectivity index is 1.91. The van der Waals surface area contributed by atoms with Crippen LogP contribution in [0.5, 0.6) is 0 Å². The Bertz CT molecular complexity index is 383. The maximum absolute atomic E-state index is 11.8. The lowest BCUT2D eigenvalue weighted by molar-refractivity contribution is -0.183. The van der Waals surface area contributed by atoms with E-state index in [1.807, 2.05) is 37.3 Å². The second-order valence-corrected chi connectivity index (χ2v) is 4.28. The first-order chi connectivity index (χ1) is 8.22. The predicted molar refractivity (Wildman–Crippen MR) is 63.2 cm³/mol. The normalized spacial score (nSPS) is 24.4. The molecule has 0 saturated carbocycles. The molecule has 92 valence electrons. The van der Waals surface area contributed by atoms with Crippen molar-refractivity contribution in [2.45, 2.75) is 19.6 Å². The number of carbonyl (C=O) groups excluding carboxylic acids is 1. The minimum atomic E-state index is -0.342. The molecule has 0 radical (unpaired) electrons. The molecule has 0 aliphatic carbocycles. The third kappa shape index (κ3) is 2.63. The molecule has 0 aromatic heterocycles. The number of nitrogens with zero attached hydrogens (tertiary/aromatic N) is 1. The first-order valence-corrected chi connectivity index (χ1v) is 5.66. The van der Waals surface area contributed by atoms with Crippen LogP contribution in [0.2, 0.25) is 0 Å². The van der Waals surface area contributed by atoms with Gasteiger partial charge < -0.3 is 0 Å². The van der Waals surface area contributed by atoms with Crippen molar-refractivity contribution in [2.75, 3.05) is 6.54 Å². The minimum Gasteiger partial charge on any atom is -0.271 e. The van der Waals surface area contributed by atoms with Crippen LogP contribution in [0.25, 0.3) is 0 Å². The standard InChI is InChI=1S/C12H17N3O2/c1-9-7-15(12(16)11(9)14-13)17-8-10-5-3-2-4-6-10/h2-6,9,11,14H,7-8,13H2,1H3. The molecule has 1 heterocycles. The van der Waals surface area contributed by atoms with E-state index in [2.05, 4.69) is 5.43 Å². The van der Waals surface area contributed by atoms with Crippen molar-refractivity contribution in [2.24, 2.45) is 11.8 Å². The lowest BCUT2D eigenvalue weighted by Crippen LogP contribution is -2.44. The fourth-order valence-corrected chi connectivity index (χ4v) is 1.93. The van der Waals surface area contributed by atoms with Crippen molar-refractivity contribution >= 4 is 5.91 Å². The lowest BCUT2D eigenvalue weighted by Gasteiger charge is -2.15. The van der Waals surface area contributed by atoms with Crippen molar-refractivity contribution in [3.05, 3.63) is 35.9 Å². The number of benzene rings is 1.